The van der Waals surface area contributed by atoms with E-state index in [9.17, 15) is 47.7 Å². The van der Waals surface area contributed by atoms with Gasteiger partial charge < -0.3 is 9.79 Å². The number of allylic oxidation sites excluding steroid dienone is 4. The summed E-state index contributed by atoms with van der Waals surface area (Å²) in [7, 11) is -4.17. The molecule has 4 atom stereocenters. The SMILES string of the molecule is CCC1=C(CC)P(=O)(O)C2=C(c3cc(C)c(C)c(CC)c3N(C(=O)CN3C(=O)CCC3=O)C2(C)CC)P1(=O)O.CCC1=C(CC)SC2=C(S1)c1cc(C)c(C)c(CC)c1N(C(=O)CN1C(=O)CCC1=O)C2(C)CC.[2H]C#C.[2H]C[B]. The number of benzene rings is 2. The molecule has 6 amide bonds. The van der Waals surface area contributed by atoms with Gasteiger partial charge >= 0.3 is 0 Å². The molecule has 0 bridgehead atoms. The summed E-state index contributed by atoms with van der Waals surface area (Å²) in [5.41, 5.74) is 6.87. The van der Waals surface area contributed by atoms with E-state index in [1.165, 1.54) is 47.6 Å². The van der Waals surface area contributed by atoms with Crippen LogP contribution in [-0.2, 0) is 50.7 Å². The fraction of sp³-hybridized carbons (Fsp3) is 0.525. The highest BCUT2D eigenvalue weighted by Crippen LogP contribution is 2.82. The number of rotatable bonds is 12. The molecule has 2 fully saturated rings. The zero-order chi connectivity index (χ0) is 60.3. The second-order valence-corrected chi connectivity index (χ2v) is 26.9. The first kappa shape index (κ1) is 61.0. The Morgan fingerprint density at radius 1 is 0.654 bits per heavy atom. The van der Waals surface area contributed by atoms with Crippen LogP contribution in [0.25, 0.3) is 10.2 Å². The average molecular weight is 1140 g/mol. The van der Waals surface area contributed by atoms with Crippen molar-refractivity contribution in [2.75, 3.05) is 22.9 Å². The van der Waals surface area contributed by atoms with E-state index in [0.29, 0.717) is 17.7 Å². The van der Waals surface area contributed by atoms with E-state index in [1.54, 1.807) is 33.8 Å². The number of carbonyl (C=O) groups excluding carboxylic acids is 6. The molecule has 6 aliphatic heterocycles. The van der Waals surface area contributed by atoms with Crippen LogP contribution in [0.5, 0.6) is 0 Å². The third-order valence-electron chi connectivity index (χ3n) is 16.5. The van der Waals surface area contributed by atoms with Gasteiger partial charge in [0.15, 0.2) is 0 Å². The van der Waals surface area contributed by atoms with Crippen LogP contribution in [0.2, 0.25) is 6.80 Å². The van der Waals surface area contributed by atoms with Crippen molar-refractivity contribution in [3.63, 3.8) is 0 Å². The van der Waals surface area contributed by atoms with Gasteiger partial charge in [0, 0.05) is 58.6 Å². The summed E-state index contributed by atoms with van der Waals surface area (Å²) in [5, 5.41) is 0.0253. The van der Waals surface area contributed by atoms with Crippen molar-refractivity contribution in [2.45, 2.75) is 192 Å². The number of hydrogen-bond acceptors (Lipinski definition) is 10. The van der Waals surface area contributed by atoms with Crippen molar-refractivity contribution in [1.82, 2.24) is 9.80 Å². The molecular weight excluding hydrogens is 1060 g/mol. The summed E-state index contributed by atoms with van der Waals surface area (Å²) in [6.07, 6.45) is 10.6. The van der Waals surface area contributed by atoms with Gasteiger partial charge in [-0.15, -0.1) is 12.8 Å². The van der Waals surface area contributed by atoms with Crippen LogP contribution in [0.4, 0.5) is 11.4 Å². The summed E-state index contributed by atoms with van der Waals surface area (Å²) in [5.74, 6) is -2.13. The molecule has 8 rings (SSSR count). The molecule has 0 aliphatic carbocycles. The van der Waals surface area contributed by atoms with Crippen LogP contribution in [0.3, 0.4) is 0 Å². The molecule has 2 aromatic rings. The van der Waals surface area contributed by atoms with Crippen molar-refractivity contribution in [3.8, 4) is 12.8 Å². The number of carbonyl (C=O) groups is 6. The molecule has 6 heterocycles. The van der Waals surface area contributed by atoms with Gasteiger partial charge in [-0.05, 0) is 148 Å². The number of thioether (sulfide) groups is 2. The fourth-order valence-electron chi connectivity index (χ4n) is 12.0. The Labute approximate surface area is 475 Å². The molecule has 0 spiro atoms. The lowest BCUT2D eigenvalue weighted by molar-refractivity contribution is -0.142. The summed E-state index contributed by atoms with van der Waals surface area (Å²) in [6.45, 7) is 26.9. The van der Waals surface area contributed by atoms with Gasteiger partial charge in [-0.1, -0.05) is 85.7 Å². The van der Waals surface area contributed by atoms with Gasteiger partial charge in [-0.3, -0.25) is 57.5 Å². The van der Waals surface area contributed by atoms with Gasteiger partial charge in [0.1, 0.15) is 14.5 Å². The zero-order valence-electron chi connectivity index (χ0n) is 50.1. The molecule has 2 saturated heterocycles. The summed E-state index contributed by atoms with van der Waals surface area (Å²) in [6, 6.07) is 3.96. The Kier molecular flexibility index (Phi) is 19.5. The number of aryl methyl sites for hydroxylation is 2. The van der Waals surface area contributed by atoms with Gasteiger partial charge in [0.05, 0.1) is 40.9 Å². The summed E-state index contributed by atoms with van der Waals surface area (Å²) < 4.78 is 40.6. The Morgan fingerprint density at radius 3 is 1.41 bits per heavy atom. The molecule has 420 valence electrons. The summed E-state index contributed by atoms with van der Waals surface area (Å²) in [4.78, 5) is 112. The number of nitrogens with zero attached hydrogens (tertiary/aromatic N) is 4. The maximum absolute atomic E-state index is 14.5. The predicted octanol–water partition coefficient (Wildman–Crippen LogP) is 12.9. The van der Waals surface area contributed by atoms with E-state index in [4.69, 9.17) is 2.74 Å². The van der Waals surface area contributed by atoms with Crippen molar-refractivity contribution in [3.05, 3.63) is 87.3 Å². The number of anilines is 2. The summed E-state index contributed by atoms with van der Waals surface area (Å²) >= 11 is 3.70. The maximum Gasteiger partial charge on any atom is 0.256 e. The standard InChI is InChI=1S/C28H38N2O7P2.C28H36N2O3S2.C2H2.CH3B/c1-8-18-17(6)16(5)14-19-25(18)30(24(33)15-29-22(31)12-13-23(29)32)28(7,11-4)27-26(19)38(34,35)20(9-2)21(10-3)39(27,36)37;1-8-18-17(6)16(5)14-19-25(18)30(24(33)15-29-22(31)12-13-23(29)32)28(7,11-4)27-26(19)34-20(9-2)21(10-3)35-27;2*1-2/h14H,8-13,15H2,1-7H3,(H,34,35)(H,36,37);14H,8-13,15H2,1-7H3;1-2H;1H3/i;;2*1D. The smallest absolute Gasteiger partial charge is 0.256 e. The average Bonchev–Trinajstić information content (AvgIpc) is 4.05. The van der Waals surface area contributed by atoms with Crippen LogP contribution in [0.15, 0.2) is 42.8 Å². The number of amides is 6. The highest BCUT2D eigenvalue weighted by Gasteiger charge is 2.60. The molecule has 2 N–H and O–H groups in total. The first-order chi connectivity index (χ1) is 37.6. The first-order valence-corrected chi connectivity index (χ1v) is 32.0. The third kappa shape index (κ3) is 10.5. The van der Waals surface area contributed by atoms with E-state index in [-0.39, 0.29) is 97.3 Å². The lowest BCUT2D eigenvalue weighted by Gasteiger charge is -2.52. The zero-order valence-corrected chi connectivity index (χ0v) is 51.5. The van der Waals surface area contributed by atoms with E-state index in [0.717, 1.165) is 63.4 Å². The Hall–Kier alpha value is -4.68. The van der Waals surface area contributed by atoms with Crippen molar-refractivity contribution >= 4 is 103 Å². The quantitative estimate of drug-likeness (QED) is 0.0886. The highest BCUT2D eigenvalue weighted by molar-refractivity contribution is 8.17. The topological polar surface area (TPSA) is 190 Å². The Bertz CT molecular complexity index is 3170. The van der Waals surface area contributed by atoms with Crippen molar-refractivity contribution in [1.29, 1.82) is 0 Å². The van der Waals surface area contributed by atoms with Crippen LogP contribution in [0.1, 0.15) is 181 Å². The Balaban J connectivity index is 0.000000269. The lowest BCUT2D eigenvalue weighted by Crippen LogP contribution is -2.57. The molecule has 2 aromatic carbocycles. The molecule has 19 heteroatoms. The molecule has 78 heavy (non-hydrogen) atoms. The molecular formula is C59H79BN4O10P2S2. The Morgan fingerprint density at radius 2 is 1.03 bits per heavy atom. The third-order valence-corrected chi connectivity index (χ3v) is 25.1. The maximum atomic E-state index is 14.5. The second kappa shape index (κ2) is 25.0. The largest absolute Gasteiger partial charge is 0.338 e. The number of imide groups is 2. The first-order valence-electron chi connectivity index (χ1n) is 28.2. The molecule has 6 aliphatic rings. The number of fused-ring (bicyclic) bond motifs is 4. The van der Waals surface area contributed by atoms with E-state index < -0.39 is 50.1 Å². The lowest BCUT2D eigenvalue weighted by atomic mass is 9.84. The fourth-order valence-corrected chi connectivity index (χ4v) is 21.4. The van der Waals surface area contributed by atoms with Crippen LogP contribution < -0.4 is 9.80 Å². The van der Waals surface area contributed by atoms with Gasteiger partial charge in [0.25, 0.3) is 14.7 Å². The number of hydrogen-bond donors (Lipinski definition) is 2. The number of likely N-dealkylation sites (tertiary alicyclic amines) is 2. The molecule has 2 radical (unpaired) electrons. The molecule has 4 unspecified atom stereocenters. The number of terminal acetylenes is 1. The van der Waals surface area contributed by atoms with Crippen LogP contribution in [0, 0.1) is 40.5 Å². The molecule has 0 saturated carbocycles. The molecule has 0 aromatic heterocycles. The predicted molar refractivity (Wildman–Crippen MR) is 320 cm³/mol. The van der Waals surface area contributed by atoms with Gasteiger partial charge in [-0.2, -0.15) is 0 Å². The van der Waals surface area contributed by atoms with Gasteiger partial charge in [-0.25, -0.2) is 0 Å². The van der Waals surface area contributed by atoms with Crippen LogP contribution in [-0.4, -0.2) is 87.0 Å². The molecule has 14 nitrogen and oxygen atoms in total. The van der Waals surface area contributed by atoms with E-state index >= 15 is 0 Å². The second-order valence-electron chi connectivity index (χ2n) is 20.4. The minimum atomic E-state index is -4.38. The van der Waals surface area contributed by atoms with Crippen LogP contribution >= 0.6 is 38.3 Å². The van der Waals surface area contributed by atoms with Gasteiger partial charge in [0.2, 0.25) is 35.4 Å². The van der Waals surface area contributed by atoms with Crippen molar-refractivity contribution < 1.29 is 50.4 Å². The van der Waals surface area contributed by atoms with E-state index in [1.807, 2.05) is 49.2 Å². The minimum absolute atomic E-state index is 0. The monoisotopic (exact) mass is 1140 g/mol. The van der Waals surface area contributed by atoms with E-state index in [2.05, 4.69) is 68.8 Å². The normalized spacial score (nSPS) is 24.8. The minimum Gasteiger partial charge on any atom is -0.338 e. The highest BCUT2D eigenvalue weighted by atomic mass is 32.2. The van der Waals surface area contributed by atoms with Crippen molar-refractivity contribution in [2.24, 2.45) is 0 Å².